The summed E-state index contributed by atoms with van der Waals surface area (Å²) in [6.45, 7) is 1.02. The van der Waals surface area contributed by atoms with Crippen LogP contribution < -0.4 is 5.32 Å². The highest BCUT2D eigenvalue weighted by molar-refractivity contribution is 9.10. The summed E-state index contributed by atoms with van der Waals surface area (Å²) >= 11 is 3.34. The van der Waals surface area contributed by atoms with Crippen LogP contribution in [0.3, 0.4) is 0 Å². The van der Waals surface area contributed by atoms with Crippen LogP contribution in [0.2, 0.25) is 0 Å². The van der Waals surface area contributed by atoms with Crippen LogP contribution in [0.25, 0.3) is 0 Å². The summed E-state index contributed by atoms with van der Waals surface area (Å²) in [5.74, 6) is -0.161. The van der Waals surface area contributed by atoms with Gasteiger partial charge in [0.1, 0.15) is 5.82 Å². The number of hydrogen-bond donors (Lipinski definition) is 1. The molecule has 0 bridgehead atoms. The lowest BCUT2D eigenvalue weighted by Crippen LogP contribution is -2.34. The minimum absolute atomic E-state index is 0.0937. The third kappa shape index (κ3) is 4.01. The van der Waals surface area contributed by atoms with Gasteiger partial charge in [-0.15, -0.1) is 0 Å². The quantitative estimate of drug-likeness (QED) is 0.870. The molecule has 2 rings (SSSR count). The predicted octanol–water partition coefficient (Wildman–Crippen LogP) is 2.69. The van der Waals surface area contributed by atoms with Gasteiger partial charge in [-0.1, -0.05) is 15.9 Å². The van der Waals surface area contributed by atoms with E-state index in [0.29, 0.717) is 31.1 Å². The van der Waals surface area contributed by atoms with Crippen LogP contribution in [0.15, 0.2) is 22.7 Å². The number of rotatable bonds is 6. The Morgan fingerprint density at radius 2 is 2.26 bits per heavy atom. The van der Waals surface area contributed by atoms with Gasteiger partial charge < -0.3 is 10.2 Å². The lowest BCUT2D eigenvalue weighted by atomic mass is 10.2. The normalized spacial score (nSPS) is 14.5. The van der Waals surface area contributed by atoms with Crippen LogP contribution in [0.5, 0.6) is 0 Å². The highest BCUT2D eigenvalue weighted by Gasteiger charge is 2.32. The first kappa shape index (κ1) is 14.5. The van der Waals surface area contributed by atoms with Crippen LogP contribution in [0, 0.1) is 5.82 Å². The molecular formula is C14H18BrFN2O. The zero-order valence-corrected chi connectivity index (χ0v) is 12.5. The van der Waals surface area contributed by atoms with Crippen molar-refractivity contribution in [3.8, 4) is 0 Å². The van der Waals surface area contributed by atoms with Gasteiger partial charge >= 0.3 is 0 Å². The number of nitrogens with one attached hydrogen (secondary N) is 1. The lowest BCUT2D eigenvalue weighted by molar-refractivity contribution is -0.132. The van der Waals surface area contributed by atoms with Gasteiger partial charge in [0, 0.05) is 35.6 Å². The summed E-state index contributed by atoms with van der Waals surface area (Å²) in [5, 5.41) is 2.97. The number of nitrogens with zero attached hydrogens (tertiary/aromatic N) is 1. The van der Waals surface area contributed by atoms with Crippen LogP contribution in [-0.4, -0.2) is 30.4 Å². The second kappa shape index (κ2) is 6.48. The van der Waals surface area contributed by atoms with Crippen LogP contribution in [-0.2, 0) is 11.3 Å². The van der Waals surface area contributed by atoms with Crippen molar-refractivity contribution in [2.24, 2.45) is 0 Å². The molecule has 0 unspecified atom stereocenters. The van der Waals surface area contributed by atoms with Crippen molar-refractivity contribution >= 4 is 21.8 Å². The fraction of sp³-hybridized carbons (Fsp3) is 0.500. The molecular weight excluding hydrogens is 311 g/mol. The SMILES string of the molecule is CNCCC(=O)N(Cc1cc(Br)ccc1F)C1CC1. The van der Waals surface area contributed by atoms with Crippen molar-refractivity contribution in [3.63, 3.8) is 0 Å². The molecule has 0 radical (unpaired) electrons. The zero-order chi connectivity index (χ0) is 13.8. The Kier molecular flexibility index (Phi) is 4.93. The van der Waals surface area contributed by atoms with Gasteiger partial charge in [0.25, 0.3) is 0 Å². The molecule has 1 aromatic rings. The molecule has 1 saturated carbocycles. The maximum atomic E-state index is 13.8. The molecule has 0 spiro atoms. The van der Waals surface area contributed by atoms with E-state index in [9.17, 15) is 9.18 Å². The highest BCUT2D eigenvalue weighted by Crippen LogP contribution is 2.30. The van der Waals surface area contributed by atoms with Crippen molar-refractivity contribution in [1.29, 1.82) is 0 Å². The van der Waals surface area contributed by atoms with E-state index < -0.39 is 0 Å². The number of carbonyl (C=O) groups excluding carboxylic acids is 1. The number of carbonyl (C=O) groups is 1. The summed E-state index contributed by atoms with van der Waals surface area (Å²) in [6, 6.07) is 5.14. The largest absolute Gasteiger partial charge is 0.335 e. The summed E-state index contributed by atoms with van der Waals surface area (Å²) in [7, 11) is 1.82. The average molecular weight is 329 g/mol. The molecule has 1 fully saturated rings. The van der Waals surface area contributed by atoms with Gasteiger partial charge in [0.2, 0.25) is 5.91 Å². The number of halogens is 2. The highest BCUT2D eigenvalue weighted by atomic mass is 79.9. The fourth-order valence-corrected chi connectivity index (χ4v) is 2.44. The van der Waals surface area contributed by atoms with Gasteiger partial charge in [0.15, 0.2) is 0 Å². The van der Waals surface area contributed by atoms with Crippen LogP contribution in [0.4, 0.5) is 4.39 Å². The molecule has 0 saturated heterocycles. The summed E-state index contributed by atoms with van der Waals surface area (Å²) in [4.78, 5) is 13.9. The van der Waals surface area contributed by atoms with E-state index in [4.69, 9.17) is 0 Å². The molecule has 0 aromatic heterocycles. The smallest absolute Gasteiger partial charge is 0.224 e. The minimum Gasteiger partial charge on any atom is -0.335 e. The maximum absolute atomic E-state index is 13.8. The molecule has 1 amide bonds. The van der Waals surface area contributed by atoms with Crippen LogP contribution >= 0.6 is 15.9 Å². The third-order valence-electron chi connectivity index (χ3n) is 3.25. The van der Waals surface area contributed by atoms with Gasteiger partial charge in [-0.3, -0.25) is 4.79 Å². The van der Waals surface area contributed by atoms with E-state index in [1.54, 1.807) is 12.1 Å². The number of benzene rings is 1. The molecule has 1 N–H and O–H groups in total. The first-order valence-electron chi connectivity index (χ1n) is 6.50. The Morgan fingerprint density at radius 3 is 2.89 bits per heavy atom. The minimum atomic E-state index is -0.254. The Morgan fingerprint density at radius 1 is 1.53 bits per heavy atom. The second-order valence-electron chi connectivity index (χ2n) is 4.84. The average Bonchev–Trinajstić information content (AvgIpc) is 3.21. The Labute approximate surface area is 121 Å². The van der Waals surface area contributed by atoms with Crippen LogP contribution in [0.1, 0.15) is 24.8 Å². The van der Waals surface area contributed by atoms with E-state index >= 15 is 0 Å². The molecule has 19 heavy (non-hydrogen) atoms. The second-order valence-corrected chi connectivity index (χ2v) is 5.76. The fourth-order valence-electron chi connectivity index (χ4n) is 2.03. The molecule has 1 aliphatic carbocycles. The summed E-state index contributed by atoms with van der Waals surface area (Å²) in [5.41, 5.74) is 0.569. The van der Waals surface area contributed by atoms with Crippen molar-refractivity contribution in [2.75, 3.05) is 13.6 Å². The summed E-state index contributed by atoms with van der Waals surface area (Å²) in [6.07, 6.45) is 2.52. The molecule has 5 heteroatoms. The van der Waals surface area contributed by atoms with E-state index in [1.165, 1.54) is 6.07 Å². The number of amides is 1. The standard InChI is InChI=1S/C14H18BrFN2O/c1-17-7-6-14(19)18(12-3-4-12)9-10-8-11(15)2-5-13(10)16/h2,5,8,12,17H,3-4,6-7,9H2,1H3. The monoisotopic (exact) mass is 328 g/mol. The molecule has 0 heterocycles. The van der Waals surface area contributed by atoms with E-state index in [0.717, 1.165) is 17.3 Å². The van der Waals surface area contributed by atoms with Crippen molar-refractivity contribution in [3.05, 3.63) is 34.1 Å². The van der Waals surface area contributed by atoms with Crippen molar-refractivity contribution in [2.45, 2.75) is 31.8 Å². The molecule has 3 nitrogen and oxygen atoms in total. The Bertz CT molecular complexity index is 463. The molecule has 0 atom stereocenters. The molecule has 1 aromatic carbocycles. The molecule has 104 valence electrons. The lowest BCUT2D eigenvalue weighted by Gasteiger charge is -2.23. The topological polar surface area (TPSA) is 32.3 Å². The van der Waals surface area contributed by atoms with Gasteiger partial charge in [-0.2, -0.15) is 0 Å². The van der Waals surface area contributed by atoms with E-state index in [-0.39, 0.29) is 11.7 Å². The predicted molar refractivity (Wildman–Crippen MR) is 76.2 cm³/mol. The Balaban J connectivity index is 2.08. The maximum Gasteiger partial charge on any atom is 0.224 e. The van der Waals surface area contributed by atoms with E-state index in [1.807, 2.05) is 11.9 Å². The zero-order valence-electron chi connectivity index (χ0n) is 11.0. The summed E-state index contributed by atoms with van der Waals surface area (Å²) < 4.78 is 14.6. The molecule has 0 aliphatic heterocycles. The van der Waals surface area contributed by atoms with E-state index in [2.05, 4.69) is 21.2 Å². The third-order valence-corrected chi connectivity index (χ3v) is 3.74. The van der Waals surface area contributed by atoms with Gasteiger partial charge in [-0.25, -0.2) is 4.39 Å². The van der Waals surface area contributed by atoms with Crippen molar-refractivity contribution < 1.29 is 9.18 Å². The molecule has 1 aliphatic rings. The van der Waals surface area contributed by atoms with Gasteiger partial charge in [-0.05, 0) is 38.1 Å². The van der Waals surface area contributed by atoms with Crippen molar-refractivity contribution in [1.82, 2.24) is 10.2 Å². The first-order valence-corrected chi connectivity index (χ1v) is 7.29. The number of hydrogen-bond acceptors (Lipinski definition) is 2. The van der Waals surface area contributed by atoms with Gasteiger partial charge in [0.05, 0.1) is 0 Å². The first-order chi connectivity index (χ1) is 9.11. The Hall–Kier alpha value is -0.940.